The monoisotopic (exact) mass is 305 g/mol. The van der Waals surface area contributed by atoms with Gasteiger partial charge in [-0.2, -0.15) is 0 Å². The maximum atomic E-state index is 8.46. The average molecular weight is 306 g/mol. The molecule has 20 heavy (non-hydrogen) atoms. The summed E-state index contributed by atoms with van der Waals surface area (Å²) in [6.45, 7) is 0. The maximum absolute atomic E-state index is 8.46. The number of thiophene rings is 1. The van der Waals surface area contributed by atoms with Gasteiger partial charge in [0.2, 0.25) is 0 Å². The Kier molecular flexibility index (Phi) is 1.20. The minimum Gasteiger partial charge on any atom is -0.135 e. The Morgan fingerprint density at radius 3 is 2.55 bits per heavy atom. The molecule has 0 radical (unpaired) electrons. The number of fused-ring (bicyclic) bond motifs is 3. The van der Waals surface area contributed by atoms with Crippen molar-refractivity contribution in [2.75, 3.05) is 0 Å². The van der Waals surface area contributed by atoms with E-state index in [1.54, 1.807) is 0 Å². The van der Waals surface area contributed by atoms with Crippen LogP contribution in [-0.4, -0.2) is 0 Å². The SMILES string of the molecule is [2H]c1c([2H])c([2H])c(-c2c([2H])c([2H])c([2H])c3sc4c([2H])c([2H])c(Cl)c([2H])c4c23)c([2H])c1[2H]. The predicted molar refractivity (Wildman–Crippen MR) is 89.8 cm³/mol. The summed E-state index contributed by atoms with van der Waals surface area (Å²) in [5, 5.41) is -0.211. The largest absolute Gasteiger partial charge is 0.135 e. The molecule has 0 fully saturated rings. The molecule has 0 bridgehead atoms. The zero-order valence-electron chi connectivity index (χ0n) is 20.8. The first-order valence-corrected chi connectivity index (χ1v) is 6.79. The summed E-state index contributed by atoms with van der Waals surface area (Å²) < 4.78 is 90.1. The predicted octanol–water partition coefficient (Wildman–Crippen LogP) is 6.37. The van der Waals surface area contributed by atoms with E-state index in [0.29, 0.717) is 0 Å². The Morgan fingerprint density at radius 2 is 1.70 bits per heavy atom. The van der Waals surface area contributed by atoms with Crippen LogP contribution in [0.1, 0.15) is 15.1 Å². The van der Waals surface area contributed by atoms with Crippen molar-refractivity contribution in [2.24, 2.45) is 0 Å². The highest BCUT2D eigenvalue weighted by Crippen LogP contribution is 2.40. The molecule has 4 rings (SSSR count). The fourth-order valence-corrected chi connectivity index (χ4v) is 3.10. The number of hydrogen-bond acceptors (Lipinski definition) is 1. The Balaban J connectivity index is 2.40. The molecule has 0 amide bonds. The molecule has 1 aromatic heterocycles. The van der Waals surface area contributed by atoms with Crippen LogP contribution in [0.15, 0.2) is 66.5 Å². The molecule has 0 N–H and O–H groups in total. The molecule has 0 saturated heterocycles. The van der Waals surface area contributed by atoms with Crippen LogP contribution in [0.4, 0.5) is 0 Å². The van der Waals surface area contributed by atoms with E-state index in [0.717, 1.165) is 11.3 Å². The molecule has 0 atom stereocenters. The third-order valence-electron chi connectivity index (χ3n) is 2.79. The molecule has 0 nitrogen and oxygen atoms in total. The van der Waals surface area contributed by atoms with Gasteiger partial charge < -0.3 is 0 Å². The van der Waals surface area contributed by atoms with Gasteiger partial charge in [0.1, 0.15) is 0 Å². The zero-order chi connectivity index (χ0) is 23.1. The summed E-state index contributed by atoms with van der Waals surface area (Å²) in [6, 6.07) is -5.42. The highest BCUT2D eigenvalue weighted by molar-refractivity contribution is 7.25. The minimum atomic E-state index is -0.622. The second-order valence-electron chi connectivity index (χ2n) is 3.95. The molecular formula is C18H11ClS. The lowest BCUT2D eigenvalue weighted by molar-refractivity contribution is 1.67. The Morgan fingerprint density at radius 1 is 0.850 bits per heavy atom. The lowest BCUT2D eigenvalue weighted by Crippen LogP contribution is -1.78. The summed E-state index contributed by atoms with van der Waals surface area (Å²) in [4.78, 5) is 0. The van der Waals surface area contributed by atoms with Gasteiger partial charge in [-0.1, -0.05) is 53.9 Å². The van der Waals surface area contributed by atoms with Crippen LogP contribution < -0.4 is 0 Å². The van der Waals surface area contributed by atoms with E-state index in [9.17, 15) is 0 Å². The van der Waals surface area contributed by atoms with Crippen LogP contribution in [0, 0.1) is 0 Å². The van der Waals surface area contributed by atoms with Crippen molar-refractivity contribution in [2.45, 2.75) is 0 Å². The summed E-state index contributed by atoms with van der Waals surface area (Å²) in [7, 11) is 0. The standard InChI is InChI=1S/C18H11ClS/c19-13-9-10-16-15(11-13)18-14(7-4-8-17(18)20-16)12-5-2-1-3-6-12/h1-11H/i1D,2D,3D,4D,5D,6D,7D,8D,9D,10D,11D. The topological polar surface area (TPSA) is 0 Å². The first-order valence-electron chi connectivity index (χ1n) is 11.1. The highest BCUT2D eigenvalue weighted by atomic mass is 35.5. The molecule has 96 valence electrons. The van der Waals surface area contributed by atoms with E-state index < -0.39 is 42.3 Å². The van der Waals surface area contributed by atoms with Gasteiger partial charge in [0.15, 0.2) is 0 Å². The Labute approximate surface area is 141 Å². The smallest absolute Gasteiger partial charge is 0.0646 e. The van der Waals surface area contributed by atoms with Crippen LogP contribution in [0.3, 0.4) is 0 Å². The fourth-order valence-electron chi connectivity index (χ4n) is 1.99. The van der Waals surface area contributed by atoms with E-state index in [4.69, 9.17) is 26.7 Å². The van der Waals surface area contributed by atoms with Crippen molar-refractivity contribution in [3.63, 3.8) is 0 Å². The third kappa shape index (κ3) is 1.82. The van der Waals surface area contributed by atoms with Gasteiger partial charge in [0.25, 0.3) is 0 Å². The first-order chi connectivity index (χ1) is 14.4. The molecule has 0 saturated carbocycles. The van der Waals surface area contributed by atoms with Crippen LogP contribution in [0.25, 0.3) is 31.3 Å². The molecule has 4 aromatic rings. The molecule has 2 heteroatoms. The van der Waals surface area contributed by atoms with E-state index in [-0.39, 0.29) is 60.5 Å². The number of benzene rings is 3. The van der Waals surface area contributed by atoms with Crippen molar-refractivity contribution >= 4 is 43.1 Å². The molecule has 0 aliphatic rings. The fraction of sp³-hybridized carbons (Fsp3) is 0. The van der Waals surface area contributed by atoms with E-state index in [2.05, 4.69) is 0 Å². The lowest BCUT2D eigenvalue weighted by Gasteiger charge is -2.04. The van der Waals surface area contributed by atoms with Crippen molar-refractivity contribution in [1.29, 1.82) is 0 Å². The van der Waals surface area contributed by atoms with Gasteiger partial charge in [-0.3, -0.25) is 0 Å². The van der Waals surface area contributed by atoms with Gasteiger partial charge in [-0.05, 0) is 35.3 Å². The van der Waals surface area contributed by atoms with Gasteiger partial charge in [0.05, 0.1) is 15.1 Å². The normalized spacial score (nSPS) is 18.9. The summed E-state index contributed by atoms with van der Waals surface area (Å²) in [5.74, 6) is 0. The lowest BCUT2D eigenvalue weighted by atomic mass is 10.00. The van der Waals surface area contributed by atoms with Crippen molar-refractivity contribution < 1.29 is 15.1 Å². The van der Waals surface area contributed by atoms with Crippen molar-refractivity contribution in [3.05, 3.63) is 71.5 Å². The van der Waals surface area contributed by atoms with Gasteiger partial charge in [0, 0.05) is 25.2 Å². The van der Waals surface area contributed by atoms with Crippen LogP contribution in [0.5, 0.6) is 0 Å². The molecule has 0 aliphatic carbocycles. The van der Waals surface area contributed by atoms with Crippen molar-refractivity contribution in [3.8, 4) is 11.1 Å². The molecular weight excluding hydrogens is 284 g/mol. The summed E-state index contributed by atoms with van der Waals surface area (Å²) >= 11 is 6.96. The molecule has 0 unspecified atom stereocenters. The third-order valence-corrected chi connectivity index (χ3v) is 4.00. The van der Waals surface area contributed by atoms with Gasteiger partial charge >= 0.3 is 0 Å². The van der Waals surface area contributed by atoms with Crippen LogP contribution in [-0.2, 0) is 0 Å². The van der Waals surface area contributed by atoms with E-state index in [1.165, 1.54) is 0 Å². The Bertz CT molecular complexity index is 1430. The second-order valence-corrected chi connectivity index (χ2v) is 5.35. The van der Waals surface area contributed by atoms with Crippen LogP contribution >= 0.6 is 22.9 Å². The van der Waals surface area contributed by atoms with Crippen molar-refractivity contribution in [1.82, 2.24) is 0 Å². The summed E-state index contributed by atoms with van der Waals surface area (Å²) in [6.07, 6.45) is 0. The molecule has 1 heterocycles. The molecule has 0 aliphatic heterocycles. The number of halogens is 1. The molecule has 3 aromatic carbocycles. The quantitative estimate of drug-likeness (QED) is 0.383. The average Bonchev–Trinajstić information content (AvgIpc) is 3.14. The summed E-state index contributed by atoms with van der Waals surface area (Å²) in [5.41, 5.74) is -0.521. The number of hydrogen-bond donors (Lipinski definition) is 0. The second kappa shape index (κ2) is 4.62. The van der Waals surface area contributed by atoms with Gasteiger partial charge in [-0.25, -0.2) is 0 Å². The Hall–Kier alpha value is -1.83. The molecule has 0 spiro atoms. The van der Waals surface area contributed by atoms with Gasteiger partial charge in [-0.15, -0.1) is 11.3 Å². The highest BCUT2D eigenvalue weighted by Gasteiger charge is 2.10. The first kappa shape index (κ1) is 5.18. The van der Waals surface area contributed by atoms with Crippen LogP contribution in [0.2, 0.25) is 5.02 Å². The van der Waals surface area contributed by atoms with E-state index in [1.807, 2.05) is 0 Å². The maximum Gasteiger partial charge on any atom is 0.0646 e. The number of rotatable bonds is 1. The zero-order valence-corrected chi connectivity index (χ0v) is 11.4. The van der Waals surface area contributed by atoms with E-state index >= 15 is 0 Å². The minimum absolute atomic E-state index is 0.0462.